The number of aryl methyl sites for hydroxylation is 1. The van der Waals surface area contributed by atoms with Gasteiger partial charge in [0.1, 0.15) is 0 Å². The summed E-state index contributed by atoms with van der Waals surface area (Å²) in [4.78, 5) is 21.4. The van der Waals surface area contributed by atoms with Crippen LogP contribution in [0.25, 0.3) is 0 Å². The summed E-state index contributed by atoms with van der Waals surface area (Å²) in [6, 6.07) is 12.1. The van der Waals surface area contributed by atoms with Crippen LogP contribution < -0.4 is 0 Å². The third kappa shape index (κ3) is 6.70. The lowest BCUT2D eigenvalue weighted by Crippen LogP contribution is -2.46. The van der Waals surface area contributed by atoms with Crippen LogP contribution >= 0.6 is 23.2 Å². The molecule has 4 nitrogen and oxygen atoms in total. The van der Waals surface area contributed by atoms with E-state index in [0.717, 1.165) is 63.0 Å². The van der Waals surface area contributed by atoms with E-state index in [2.05, 4.69) is 16.0 Å². The number of piperidine rings is 1. The smallest absolute Gasteiger partial charge is 0.222 e. The molecule has 1 aromatic carbocycles. The Morgan fingerprint density at radius 1 is 1.14 bits per heavy atom. The maximum Gasteiger partial charge on any atom is 0.222 e. The first-order valence-corrected chi connectivity index (χ1v) is 11.1. The van der Waals surface area contributed by atoms with Crippen molar-refractivity contribution in [3.05, 3.63) is 63.9 Å². The number of hydrogen-bond acceptors (Lipinski definition) is 3. The molecule has 29 heavy (non-hydrogen) atoms. The van der Waals surface area contributed by atoms with Gasteiger partial charge >= 0.3 is 0 Å². The van der Waals surface area contributed by atoms with E-state index in [0.29, 0.717) is 22.5 Å². The van der Waals surface area contributed by atoms with Crippen molar-refractivity contribution in [3.8, 4) is 0 Å². The highest BCUT2D eigenvalue weighted by atomic mass is 35.5. The first-order valence-electron chi connectivity index (χ1n) is 10.3. The summed E-state index contributed by atoms with van der Waals surface area (Å²) >= 11 is 12.0. The largest absolute Gasteiger partial charge is 0.343 e. The maximum absolute atomic E-state index is 12.6. The Labute approximate surface area is 183 Å². The van der Waals surface area contributed by atoms with E-state index in [9.17, 15) is 4.79 Å². The molecule has 0 N–H and O–H groups in total. The molecule has 2 aromatic rings. The summed E-state index contributed by atoms with van der Waals surface area (Å²) in [5.41, 5.74) is 2.26. The zero-order valence-electron chi connectivity index (χ0n) is 17.0. The van der Waals surface area contributed by atoms with Gasteiger partial charge in [0.25, 0.3) is 0 Å². The molecule has 6 heteroatoms. The Morgan fingerprint density at radius 2 is 1.93 bits per heavy atom. The molecule has 0 radical (unpaired) electrons. The number of hydrogen-bond donors (Lipinski definition) is 0. The molecule has 1 aliphatic rings. The number of aromatic nitrogens is 1. The Morgan fingerprint density at radius 3 is 2.62 bits per heavy atom. The number of rotatable bonds is 8. The summed E-state index contributed by atoms with van der Waals surface area (Å²) < 4.78 is 0. The summed E-state index contributed by atoms with van der Waals surface area (Å²) in [5.74, 6) is 0.233. The maximum atomic E-state index is 12.6. The molecule has 156 valence electrons. The van der Waals surface area contributed by atoms with Gasteiger partial charge in [-0.2, -0.15) is 0 Å². The molecule has 1 aliphatic heterocycles. The zero-order valence-corrected chi connectivity index (χ0v) is 18.5. The Bertz CT molecular complexity index is 792. The average Bonchev–Trinajstić information content (AvgIpc) is 2.75. The lowest BCUT2D eigenvalue weighted by molar-refractivity contribution is -0.132. The van der Waals surface area contributed by atoms with Crippen molar-refractivity contribution in [2.75, 3.05) is 26.7 Å². The van der Waals surface area contributed by atoms with Gasteiger partial charge < -0.3 is 9.80 Å². The Hall–Kier alpha value is -1.62. The van der Waals surface area contributed by atoms with Crippen LogP contribution in [0.1, 0.15) is 36.9 Å². The normalized spacial score (nSPS) is 15.4. The molecule has 1 aromatic heterocycles. The van der Waals surface area contributed by atoms with Crippen molar-refractivity contribution >= 4 is 29.1 Å². The number of pyridine rings is 1. The quantitative estimate of drug-likeness (QED) is 0.595. The lowest BCUT2D eigenvalue weighted by atomic mass is 10.0. The number of benzene rings is 1. The van der Waals surface area contributed by atoms with Crippen molar-refractivity contribution in [2.24, 2.45) is 0 Å². The topological polar surface area (TPSA) is 36.4 Å². The number of carbonyl (C=O) groups is 1. The number of halogens is 2. The fourth-order valence-electron chi connectivity index (χ4n) is 3.87. The highest BCUT2D eigenvalue weighted by Crippen LogP contribution is 2.23. The molecule has 1 fully saturated rings. The average molecular weight is 434 g/mol. The van der Waals surface area contributed by atoms with E-state index in [4.69, 9.17) is 23.2 Å². The first kappa shape index (κ1) is 22.1. The van der Waals surface area contributed by atoms with Gasteiger partial charge in [-0.05, 0) is 55.5 Å². The second kappa shape index (κ2) is 11.0. The molecule has 0 saturated carbocycles. The second-order valence-corrected chi connectivity index (χ2v) is 8.56. The van der Waals surface area contributed by atoms with Crippen LogP contribution in [0.15, 0.2) is 42.6 Å². The van der Waals surface area contributed by atoms with Gasteiger partial charge in [-0.1, -0.05) is 35.3 Å². The van der Waals surface area contributed by atoms with Crippen molar-refractivity contribution in [2.45, 2.75) is 44.6 Å². The summed E-state index contributed by atoms with van der Waals surface area (Å²) in [5, 5.41) is 1.14. The van der Waals surface area contributed by atoms with Crippen LogP contribution in [0.3, 0.4) is 0 Å². The SMILES string of the molecule is CN(C(=O)CCCc1ccc(Cl)c(Cl)c1)C1CCN(CCc2ccccn2)CC1. The van der Waals surface area contributed by atoms with Gasteiger partial charge in [0.2, 0.25) is 5.91 Å². The van der Waals surface area contributed by atoms with Crippen molar-refractivity contribution in [3.63, 3.8) is 0 Å². The number of nitrogens with zero attached hydrogens (tertiary/aromatic N) is 3. The van der Waals surface area contributed by atoms with Crippen molar-refractivity contribution in [1.82, 2.24) is 14.8 Å². The number of likely N-dealkylation sites (tertiary alicyclic amines) is 1. The third-order valence-electron chi connectivity index (χ3n) is 5.75. The minimum atomic E-state index is 0.233. The predicted octanol–water partition coefficient (Wildman–Crippen LogP) is 4.88. The van der Waals surface area contributed by atoms with E-state index in [1.165, 1.54) is 0 Å². The predicted molar refractivity (Wildman–Crippen MR) is 120 cm³/mol. The first-order chi connectivity index (χ1) is 14.0. The van der Waals surface area contributed by atoms with E-state index >= 15 is 0 Å². The minimum Gasteiger partial charge on any atom is -0.343 e. The molecule has 3 rings (SSSR count). The fraction of sp³-hybridized carbons (Fsp3) is 0.478. The zero-order chi connectivity index (χ0) is 20.6. The molecule has 0 atom stereocenters. The summed E-state index contributed by atoms with van der Waals surface area (Å²) in [6.45, 7) is 3.11. The van der Waals surface area contributed by atoms with Gasteiger partial charge in [0.15, 0.2) is 0 Å². The van der Waals surface area contributed by atoms with Crippen LogP contribution in [-0.4, -0.2) is 53.4 Å². The van der Waals surface area contributed by atoms with Crippen LogP contribution in [0.2, 0.25) is 10.0 Å². The fourth-order valence-corrected chi connectivity index (χ4v) is 4.19. The third-order valence-corrected chi connectivity index (χ3v) is 6.49. The van der Waals surface area contributed by atoms with Gasteiger partial charge in [-0.15, -0.1) is 0 Å². The highest BCUT2D eigenvalue weighted by molar-refractivity contribution is 6.42. The minimum absolute atomic E-state index is 0.233. The molecule has 2 heterocycles. The molecule has 0 aliphatic carbocycles. The van der Waals surface area contributed by atoms with Gasteiger partial charge in [-0.25, -0.2) is 0 Å². The van der Waals surface area contributed by atoms with E-state index < -0.39 is 0 Å². The standard InChI is InChI=1S/C23H29Cl2N3O/c1-27(23(29)7-4-5-18-8-9-21(24)22(25)17-18)20-11-15-28(16-12-20)14-10-19-6-2-3-13-26-19/h2-3,6,8-9,13,17,20H,4-5,7,10-12,14-16H2,1H3. The molecular weight excluding hydrogens is 405 g/mol. The molecule has 0 spiro atoms. The van der Waals surface area contributed by atoms with Crippen LogP contribution in [-0.2, 0) is 17.6 Å². The van der Waals surface area contributed by atoms with Crippen LogP contribution in [0.4, 0.5) is 0 Å². The number of carbonyl (C=O) groups excluding carboxylic acids is 1. The molecule has 1 amide bonds. The molecule has 1 saturated heterocycles. The van der Waals surface area contributed by atoms with Crippen LogP contribution in [0.5, 0.6) is 0 Å². The monoisotopic (exact) mass is 433 g/mol. The van der Waals surface area contributed by atoms with Crippen molar-refractivity contribution in [1.29, 1.82) is 0 Å². The summed E-state index contributed by atoms with van der Waals surface area (Å²) in [6.07, 6.45) is 7.14. The van der Waals surface area contributed by atoms with Gasteiger partial charge in [0, 0.05) is 57.5 Å². The van der Waals surface area contributed by atoms with Crippen molar-refractivity contribution < 1.29 is 4.79 Å². The Kier molecular flexibility index (Phi) is 8.34. The van der Waals surface area contributed by atoms with E-state index in [1.807, 2.05) is 48.5 Å². The molecule has 0 unspecified atom stereocenters. The summed E-state index contributed by atoms with van der Waals surface area (Å²) in [7, 11) is 1.95. The van der Waals surface area contributed by atoms with Gasteiger partial charge in [-0.3, -0.25) is 9.78 Å². The highest BCUT2D eigenvalue weighted by Gasteiger charge is 2.24. The Balaban J connectivity index is 1.36. The second-order valence-electron chi connectivity index (χ2n) is 7.75. The van der Waals surface area contributed by atoms with Gasteiger partial charge in [0.05, 0.1) is 10.0 Å². The lowest BCUT2D eigenvalue weighted by Gasteiger charge is -2.36. The van der Waals surface area contributed by atoms with Crippen LogP contribution in [0, 0.1) is 0 Å². The molecule has 0 bridgehead atoms. The molecular formula is C23H29Cl2N3O. The van der Waals surface area contributed by atoms with E-state index in [1.54, 1.807) is 0 Å². The van der Waals surface area contributed by atoms with E-state index in [-0.39, 0.29) is 5.91 Å². The number of amides is 1.